The molecule has 4 nitrogen and oxygen atoms in total. The Morgan fingerprint density at radius 1 is 0.390 bits per heavy atom. The molecule has 2 aliphatic rings. The highest BCUT2D eigenvalue weighted by molar-refractivity contribution is 6.04. The Labute approximate surface area is 460 Å². The molecule has 8 aromatic carbocycles. The van der Waals surface area contributed by atoms with E-state index in [1.807, 2.05) is 36.4 Å². The summed E-state index contributed by atoms with van der Waals surface area (Å²) in [6, 6.07) is 47.7. The average Bonchev–Trinajstić information content (AvgIpc) is 3.38. The van der Waals surface area contributed by atoms with Crippen LogP contribution in [-0.4, -0.2) is 22.4 Å². The number of benzene rings is 8. The predicted molar refractivity (Wildman–Crippen MR) is 325 cm³/mol. The van der Waals surface area contributed by atoms with Gasteiger partial charge in [0.2, 0.25) is 0 Å². The van der Waals surface area contributed by atoms with Gasteiger partial charge in [-0.05, 0) is 202 Å². The maximum absolute atomic E-state index is 12.8. The summed E-state index contributed by atoms with van der Waals surface area (Å²) in [5, 5.41) is 30.5. The van der Waals surface area contributed by atoms with Gasteiger partial charge in [0.1, 0.15) is 23.0 Å². The molecule has 0 fully saturated rings. The van der Waals surface area contributed by atoms with Crippen molar-refractivity contribution in [3.05, 3.63) is 167 Å². The Hall–Kier alpha value is -6.52. The number of aromatic hydroxyl groups is 2. The summed E-state index contributed by atoms with van der Waals surface area (Å²) in [5.41, 5.74) is 15.1. The zero-order valence-corrected chi connectivity index (χ0v) is 48.3. The first-order chi connectivity index (χ1) is 36.5. The summed E-state index contributed by atoms with van der Waals surface area (Å²) in [7, 11) is 0. The smallest absolute Gasteiger partial charge is 0.131 e. The van der Waals surface area contributed by atoms with Crippen molar-refractivity contribution in [2.24, 2.45) is 10.8 Å². The Balaban J connectivity index is 0.993. The molecule has 0 heterocycles. The Morgan fingerprint density at radius 3 is 1.09 bits per heavy atom. The van der Waals surface area contributed by atoms with Gasteiger partial charge < -0.3 is 19.7 Å². The molecule has 77 heavy (non-hydrogen) atoms. The van der Waals surface area contributed by atoms with E-state index < -0.39 is 0 Å². The van der Waals surface area contributed by atoms with Crippen molar-refractivity contribution >= 4 is 21.5 Å². The average molecular weight is 1030 g/mol. The quantitative estimate of drug-likeness (QED) is 0.114. The normalized spacial score (nSPS) is 15.0. The molecular weight excluding hydrogens is 941 g/mol. The lowest BCUT2D eigenvalue weighted by atomic mass is 9.71. The Bertz CT molecular complexity index is 3250. The molecule has 0 bridgehead atoms. The van der Waals surface area contributed by atoms with Crippen molar-refractivity contribution in [2.75, 3.05) is 0 Å². The van der Waals surface area contributed by atoms with Gasteiger partial charge in [-0.3, -0.25) is 0 Å². The number of phenols is 2. The molecule has 2 aliphatic carbocycles. The molecule has 8 aromatic rings. The van der Waals surface area contributed by atoms with Crippen LogP contribution in [0.5, 0.6) is 23.0 Å². The summed E-state index contributed by atoms with van der Waals surface area (Å²) in [5.74, 6) is 1.99. The molecule has 2 atom stereocenters. The van der Waals surface area contributed by atoms with E-state index in [0.717, 1.165) is 94.5 Å². The summed E-state index contributed by atoms with van der Waals surface area (Å²) in [6.45, 7) is 27.5. The van der Waals surface area contributed by atoms with Crippen LogP contribution in [0.4, 0.5) is 0 Å². The lowest BCUT2D eigenvalue weighted by Gasteiger charge is -2.34. The SMILES string of the molecule is C[C@H](C[C@H](C)Oc1ccccc1-c1cc(C(C)(C)CC(C)(C)C)cc(-c2cc3c(c4ccccc24)CCCC3)c1O)Oc1ccccc1-c1cc(C(C)(C)CC(C)(C)C)cc(-c2cc3c(c4ccccc24)CCCC3)c1O. The van der Waals surface area contributed by atoms with E-state index >= 15 is 0 Å². The van der Waals surface area contributed by atoms with E-state index in [4.69, 9.17) is 9.47 Å². The van der Waals surface area contributed by atoms with Gasteiger partial charge in [0.05, 0.1) is 12.2 Å². The van der Waals surface area contributed by atoms with Gasteiger partial charge in [-0.25, -0.2) is 0 Å². The molecule has 400 valence electrons. The van der Waals surface area contributed by atoms with Gasteiger partial charge in [0.15, 0.2) is 0 Å². The highest BCUT2D eigenvalue weighted by Crippen LogP contribution is 2.51. The highest BCUT2D eigenvalue weighted by atomic mass is 16.5. The molecule has 10 rings (SSSR count). The lowest BCUT2D eigenvalue weighted by molar-refractivity contribution is 0.131. The molecular formula is C73H84O4. The fourth-order valence-electron chi connectivity index (χ4n) is 14.0. The minimum atomic E-state index is -0.246. The monoisotopic (exact) mass is 1020 g/mol. The van der Waals surface area contributed by atoms with E-state index in [1.54, 1.807) is 0 Å². The number of hydrogen-bond acceptors (Lipinski definition) is 4. The molecule has 2 N–H and O–H groups in total. The van der Waals surface area contributed by atoms with Crippen molar-refractivity contribution in [3.63, 3.8) is 0 Å². The summed E-state index contributed by atoms with van der Waals surface area (Å²) in [4.78, 5) is 0. The van der Waals surface area contributed by atoms with Crippen LogP contribution in [0.25, 0.3) is 66.1 Å². The lowest BCUT2D eigenvalue weighted by Crippen LogP contribution is -2.25. The maximum Gasteiger partial charge on any atom is 0.131 e. The first-order valence-corrected chi connectivity index (χ1v) is 28.9. The predicted octanol–water partition coefficient (Wildman–Crippen LogP) is 19.9. The van der Waals surface area contributed by atoms with Crippen molar-refractivity contribution in [1.82, 2.24) is 0 Å². The fraction of sp³-hybridized carbons (Fsp3) is 0.397. The number of fused-ring (bicyclic) bond motifs is 6. The maximum atomic E-state index is 12.8. The van der Waals surface area contributed by atoms with Crippen LogP contribution in [0.3, 0.4) is 0 Å². The molecule has 4 heteroatoms. The van der Waals surface area contributed by atoms with Gasteiger partial charge in [0, 0.05) is 39.8 Å². The molecule has 0 spiro atoms. The molecule has 0 amide bonds. The zero-order valence-electron chi connectivity index (χ0n) is 48.3. The summed E-state index contributed by atoms with van der Waals surface area (Å²) < 4.78 is 14.0. The second-order valence-electron chi connectivity index (χ2n) is 26.8. The highest BCUT2D eigenvalue weighted by Gasteiger charge is 2.33. The van der Waals surface area contributed by atoms with Crippen molar-refractivity contribution in [3.8, 4) is 67.5 Å². The number of ether oxygens (including phenoxy) is 2. The van der Waals surface area contributed by atoms with Gasteiger partial charge in [0.25, 0.3) is 0 Å². The van der Waals surface area contributed by atoms with E-state index in [-0.39, 0.29) is 45.4 Å². The van der Waals surface area contributed by atoms with Gasteiger partial charge >= 0.3 is 0 Å². The fourth-order valence-corrected chi connectivity index (χ4v) is 14.0. The van der Waals surface area contributed by atoms with Gasteiger partial charge in [-0.1, -0.05) is 166 Å². The zero-order chi connectivity index (χ0) is 54.6. The summed E-state index contributed by atoms with van der Waals surface area (Å²) in [6.07, 6.45) is 11.1. The van der Waals surface area contributed by atoms with E-state index in [1.165, 1.54) is 80.6 Å². The number of rotatable bonds is 14. The van der Waals surface area contributed by atoms with Crippen LogP contribution < -0.4 is 9.47 Å². The number of phenolic OH excluding ortho intramolecular Hbond substituents is 2. The number of aryl methyl sites for hydroxylation is 4. The third-order valence-corrected chi connectivity index (χ3v) is 16.7. The van der Waals surface area contributed by atoms with Crippen LogP contribution in [0, 0.1) is 10.8 Å². The minimum Gasteiger partial charge on any atom is -0.507 e. The minimum absolute atomic E-state index is 0.0867. The van der Waals surface area contributed by atoms with Crippen LogP contribution >= 0.6 is 0 Å². The third-order valence-electron chi connectivity index (χ3n) is 16.7. The molecule has 0 saturated heterocycles. The standard InChI is InChI=1S/C73H84O4/c1-46(76-66-35-23-21-33-58(66)62-40-50(72(9,10)44-70(3,4)5)42-64(68(62)74)60-38-48-25-13-15-27-52(48)54-29-17-19-31-56(54)60)37-47(2)77-67-36-24-22-34-59(67)63-41-51(73(11,12)45-71(6,7)8)43-65(69(63)75)61-39-49-26-14-16-28-53(49)55-30-18-20-32-57(55)61/h17-24,29-36,38-43,46-47,74-75H,13-16,25-28,37,44-45H2,1-12H3/t46-,47+. The van der Waals surface area contributed by atoms with Gasteiger partial charge in [-0.15, -0.1) is 0 Å². The number of para-hydroxylation sites is 2. The van der Waals surface area contributed by atoms with Crippen LogP contribution in [0.2, 0.25) is 0 Å². The second kappa shape index (κ2) is 21.0. The van der Waals surface area contributed by atoms with Gasteiger partial charge in [-0.2, -0.15) is 0 Å². The third kappa shape index (κ3) is 11.3. The Morgan fingerprint density at radius 2 is 0.714 bits per heavy atom. The van der Waals surface area contributed by atoms with E-state index in [9.17, 15) is 10.2 Å². The van der Waals surface area contributed by atoms with Crippen molar-refractivity contribution in [1.29, 1.82) is 0 Å². The first kappa shape index (κ1) is 53.9. The molecule has 0 radical (unpaired) electrons. The molecule has 0 aromatic heterocycles. The van der Waals surface area contributed by atoms with E-state index in [0.29, 0.717) is 6.42 Å². The van der Waals surface area contributed by atoms with Crippen LogP contribution in [0.15, 0.2) is 133 Å². The molecule has 0 unspecified atom stereocenters. The largest absolute Gasteiger partial charge is 0.507 e. The molecule has 0 saturated carbocycles. The first-order valence-electron chi connectivity index (χ1n) is 28.9. The van der Waals surface area contributed by atoms with Crippen LogP contribution in [0.1, 0.15) is 161 Å². The summed E-state index contributed by atoms with van der Waals surface area (Å²) >= 11 is 0. The second-order valence-corrected chi connectivity index (χ2v) is 26.8. The molecule has 0 aliphatic heterocycles. The van der Waals surface area contributed by atoms with Crippen molar-refractivity contribution in [2.45, 2.75) is 177 Å². The van der Waals surface area contributed by atoms with Crippen LogP contribution in [-0.2, 0) is 36.5 Å². The topological polar surface area (TPSA) is 58.9 Å². The van der Waals surface area contributed by atoms with E-state index in [2.05, 4.69) is 180 Å². The number of hydrogen-bond donors (Lipinski definition) is 2. The van der Waals surface area contributed by atoms with Crippen molar-refractivity contribution < 1.29 is 19.7 Å². The Kier molecular flexibility index (Phi) is 14.7.